The molecule has 0 bridgehead atoms. The second-order valence-corrected chi connectivity index (χ2v) is 6.83. The van der Waals surface area contributed by atoms with Gasteiger partial charge in [0.2, 0.25) is 0 Å². The Morgan fingerprint density at radius 3 is 2.62 bits per heavy atom. The van der Waals surface area contributed by atoms with Gasteiger partial charge in [0.1, 0.15) is 0 Å². The molecule has 0 N–H and O–H groups in total. The molecule has 0 saturated heterocycles. The normalized spacial score (nSPS) is 12.4. The first-order valence-corrected chi connectivity index (χ1v) is 8.79. The number of ketones is 1. The van der Waals surface area contributed by atoms with Crippen LogP contribution in [0, 0.1) is 0 Å². The van der Waals surface area contributed by atoms with E-state index >= 15 is 0 Å². The zero-order valence-electron chi connectivity index (χ0n) is 13.8. The van der Waals surface area contributed by atoms with Gasteiger partial charge in [0, 0.05) is 19.2 Å². The molecule has 0 fully saturated rings. The van der Waals surface area contributed by atoms with Crippen molar-refractivity contribution in [1.82, 2.24) is 9.55 Å². The first kappa shape index (κ1) is 16.7. The van der Waals surface area contributed by atoms with Crippen LogP contribution in [0.3, 0.4) is 0 Å². The van der Waals surface area contributed by atoms with E-state index in [1.165, 1.54) is 11.8 Å². The van der Waals surface area contributed by atoms with Crippen LogP contribution in [0.1, 0.15) is 17.3 Å². The predicted molar refractivity (Wildman–Crippen MR) is 97.7 cm³/mol. The Morgan fingerprint density at radius 1 is 1.17 bits per heavy atom. The molecule has 0 spiro atoms. The summed E-state index contributed by atoms with van der Waals surface area (Å²) in [6.45, 7) is 3.25. The molecular formula is C19H20N2O2S. The summed E-state index contributed by atoms with van der Waals surface area (Å²) in [5.74, 6) is 0.117. The molecule has 0 aliphatic carbocycles. The maximum Gasteiger partial charge on any atom is 0.175 e. The number of hydrogen-bond acceptors (Lipinski definition) is 4. The van der Waals surface area contributed by atoms with Crippen molar-refractivity contribution in [2.24, 2.45) is 0 Å². The summed E-state index contributed by atoms with van der Waals surface area (Å²) in [5, 5.41) is 0.649. The van der Waals surface area contributed by atoms with Gasteiger partial charge in [0.25, 0.3) is 0 Å². The molecule has 0 radical (unpaired) electrons. The molecule has 2 aromatic carbocycles. The second-order valence-electron chi connectivity index (χ2n) is 5.52. The van der Waals surface area contributed by atoms with Crippen LogP contribution in [-0.2, 0) is 11.3 Å². The zero-order valence-corrected chi connectivity index (χ0v) is 14.6. The summed E-state index contributed by atoms with van der Waals surface area (Å²) in [5.41, 5.74) is 2.74. The van der Waals surface area contributed by atoms with E-state index < -0.39 is 0 Å². The van der Waals surface area contributed by atoms with Gasteiger partial charge in [-0.05, 0) is 19.1 Å². The SMILES string of the molecule is COCCn1c(SC(C)C(=O)c2ccccc2)nc2ccccc21. The standard InChI is InChI=1S/C19H20N2O2S/c1-14(18(22)15-8-4-3-5-9-15)24-19-20-16-10-6-7-11-17(16)21(19)12-13-23-2/h3-11,14H,12-13H2,1-2H3. The summed E-state index contributed by atoms with van der Waals surface area (Å²) in [7, 11) is 1.69. The Hall–Kier alpha value is -2.11. The Kier molecular flexibility index (Phi) is 5.33. The number of carbonyl (C=O) groups excluding carboxylic acids is 1. The highest BCUT2D eigenvalue weighted by molar-refractivity contribution is 8.00. The number of thioether (sulfide) groups is 1. The van der Waals surface area contributed by atoms with Gasteiger partial charge in [-0.1, -0.05) is 54.2 Å². The summed E-state index contributed by atoms with van der Waals surface area (Å²) in [4.78, 5) is 17.3. The molecule has 0 amide bonds. The summed E-state index contributed by atoms with van der Waals surface area (Å²) < 4.78 is 7.34. The average Bonchev–Trinajstić information content (AvgIpc) is 2.97. The van der Waals surface area contributed by atoms with E-state index in [1.807, 2.05) is 61.5 Å². The van der Waals surface area contributed by atoms with Crippen molar-refractivity contribution in [2.45, 2.75) is 23.9 Å². The van der Waals surface area contributed by atoms with Gasteiger partial charge in [-0.25, -0.2) is 4.98 Å². The lowest BCUT2D eigenvalue weighted by Crippen LogP contribution is -2.15. The van der Waals surface area contributed by atoms with Gasteiger partial charge >= 0.3 is 0 Å². The van der Waals surface area contributed by atoms with E-state index in [2.05, 4.69) is 4.57 Å². The Morgan fingerprint density at radius 2 is 1.88 bits per heavy atom. The Bertz CT molecular complexity index is 830. The highest BCUT2D eigenvalue weighted by Gasteiger charge is 2.20. The van der Waals surface area contributed by atoms with Crippen molar-refractivity contribution in [3.05, 3.63) is 60.2 Å². The number of benzene rings is 2. The number of imidazole rings is 1. The van der Waals surface area contributed by atoms with Gasteiger partial charge < -0.3 is 9.30 Å². The first-order chi connectivity index (χ1) is 11.7. The lowest BCUT2D eigenvalue weighted by atomic mass is 10.1. The van der Waals surface area contributed by atoms with Crippen LogP contribution in [-0.4, -0.2) is 34.3 Å². The number of carbonyl (C=O) groups is 1. The number of para-hydroxylation sites is 2. The molecule has 3 aromatic rings. The van der Waals surface area contributed by atoms with Crippen molar-refractivity contribution >= 4 is 28.6 Å². The molecule has 0 saturated carbocycles. The fourth-order valence-corrected chi connectivity index (χ4v) is 3.62. The lowest BCUT2D eigenvalue weighted by molar-refractivity contribution is 0.0994. The topological polar surface area (TPSA) is 44.1 Å². The summed E-state index contributed by atoms with van der Waals surface area (Å²) in [6.07, 6.45) is 0. The van der Waals surface area contributed by atoms with Crippen LogP contribution in [0.5, 0.6) is 0 Å². The number of aromatic nitrogens is 2. The van der Waals surface area contributed by atoms with Gasteiger partial charge in [0.15, 0.2) is 10.9 Å². The molecule has 5 heteroatoms. The molecule has 0 aliphatic heterocycles. The Balaban J connectivity index is 1.87. The van der Waals surface area contributed by atoms with Crippen molar-refractivity contribution < 1.29 is 9.53 Å². The average molecular weight is 340 g/mol. The number of ether oxygens (including phenoxy) is 1. The quantitative estimate of drug-likeness (QED) is 0.481. The number of Topliss-reactive ketones (excluding diaryl/α,β-unsaturated/α-hetero) is 1. The molecular weight excluding hydrogens is 320 g/mol. The van der Waals surface area contributed by atoms with E-state index in [4.69, 9.17) is 9.72 Å². The molecule has 4 nitrogen and oxygen atoms in total. The minimum atomic E-state index is -0.203. The predicted octanol–water partition coefficient (Wildman–Crippen LogP) is 4.05. The van der Waals surface area contributed by atoms with Gasteiger partial charge in [0.05, 0.1) is 22.9 Å². The molecule has 24 heavy (non-hydrogen) atoms. The minimum Gasteiger partial charge on any atom is -0.383 e. The molecule has 1 heterocycles. The molecule has 124 valence electrons. The van der Waals surface area contributed by atoms with Gasteiger partial charge in [-0.3, -0.25) is 4.79 Å². The molecule has 0 aliphatic rings. The third-order valence-electron chi connectivity index (χ3n) is 3.85. The largest absolute Gasteiger partial charge is 0.383 e. The fourth-order valence-electron chi connectivity index (χ4n) is 2.59. The van der Waals surface area contributed by atoms with Gasteiger partial charge in [-0.15, -0.1) is 0 Å². The van der Waals surface area contributed by atoms with E-state index in [0.29, 0.717) is 13.2 Å². The highest BCUT2D eigenvalue weighted by atomic mass is 32.2. The number of rotatable bonds is 7. The van der Waals surface area contributed by atoms with Crippen LogP contribution < -0.4 is 0 Å². The fraction of sp³-hybridized carbons (Fsp3) is 0.263. The molecule has 1 atom stereocenters. The van der Waals surface area contributed by atoms with Crippen LogP contribution in [0.2, 0.25) is 0 Å². The van der Waals surface area contributed by atoms with Crippen molar-refractivity contribution in [1.29, 1.82) is 0 Å². The van der Waals surface area contributed by atoms with Crippen molar-refractivity contribution in [3.63, 3.8) is 0 Å². The number of nitrogens with zero attached hydrogens (tertiary/aromatic N) is 2. The molecule has 1 unspecified atom stereocenters. The van der Waals surface area contributed by atoms with E-state index in [0.717, 1.165) is 21.8 Å². The third kappa shape index (κ3) is 3.52. The van der Waals surface area contributed by atoms with E-state index in [-0.39, 0.29) is 11.0 Å². The van der Waals surface area contributed by atoms with Crippen molar-refractivity contribution in [2.75, 3.05) is 13.7 Å². The molecule has 3 rings (SSSR count). The molecule has 1 aromatic heterocycles. The third-order valence-corrected chi connectivity index (χ3v) is 4.94. The maximum atomic E-state index is 12.6. The Labute approximate surface area is 145 Å². The van der Waals surface area contributed by atoms with Crippen LogP contribution in [0.15, 0.2) is 59.8 Å². The lowest BCUT2D eigenvalue weighted by Gasteiger charge is -2.12. The highest BCUT2D eigenvalue weighted by Crippen LogP contribution is 2.28. The monoisotopic (exact) mass is 340 g/mol. The summed E-state index contributed by atoms with van der Waals surface area (Å²) >= 11 is 1.50. The van der Waals surface area contributed by atoms with Crippen LogP contribution >= 0.6 is 11.8 Å². The summed E-state index contributed by atoms with van der Waals surface area (Å²) in [6, 6.07) is 17.4. The first-order valence-electron chi connectivity index (χ1n) is 7.91. The minimum absolute atomic E-state index is 0.117. The van der Waals surface area contributed by atoms with Crippen LogP contribution in [0.25, 0.3) is 11.0 Å². The van der Waals surface area contributed by atoms with Crippen molar-refractivity contribution in [3.8, 4) is 0 Å². The maximum absolute atomic E-state index is 12.6. The second kappa shape index (κ2) is 7.64. The number of methoxy groups -OCH3 is 1. The van der Waals surface area contributed by atoms with E-state index in [9.17, 15) is 4.79 Å². The van der Waals surface area contributed by atoms with E-state index in [1.54, 1.807) is 7.11 Å². The number of hydrogen-bond donors (Lipinski definition) is 0. The number of fused-ring (bicyclic) bond motifs is 1. The van der Waals surface area contributed by atoms with Gasteiger partial charge in [-0.2, -0.15) is 0 Å². The smallest absolute Gasteiger partial charge is 0.175 e. The van der Waals surface area contributed by atoms with Crippen LogP contribution in [0.4, 0.5) is 0 Å². The zero-order chi connectivity index (χ0) is 16.9.